The van der Waals surface area contributed by atoms with E-state index in [1.54, 1.807) is 7.05 Å². The van der Waals surface area contributed by atoms with Crippen LogP contribution >= 0.6 is 0 Å². The molecule has 2 N–H and O–H groups in total. The topological polar surface area (TPSA) is 73.9 Å². The van der Waals surface area contributed by atoms with Gasteiger partial charge in [0.05, 0.1) is 6.61 Å². The second-order valence-electron chi connectivity index (χ2n) is 6.69. The van der Waals surface area contributed by atoms with E-state index >= 15 is 0 Å². The van der Waals surface area contributed by atoms with Crippen LogP contribution in [0.2, 0.25) is 0 Å². The molecular weight excluding hydrogens is 308 g/mol. The fourth-order valence-corrected chi connectivity index (χ4v) is 2.79. The number of ether oxygens (including phenoxy) is 1. The first-order chi connectivity index (χ1) is 11.3. The summed E-state index contributed by atoms with van der Waals surface area (Å²) in [5.41, 5.74) is 1.15. The van der Waals surface area contributed by atoms with E-state index in [1.165, 1.54) is 0 Å². The first-order valence-electron chi connectivity index (χ1n) is 8.48. The van der Waals surface area contributed by atoms with E-state index in [0.29, 0.717) is 13.0 Å². The van der Waals surface area contributed by atoms with Gasteiger partial charge in [-0.25, -0.2) is 4.79 Å². The summed E-state index contributed by atoms with van der Waals surface area (Å²) < 4.78 is 5.32. The van der Waals surface area contributed by atoms with Crippen molar-refractivity contribution in [3.63, 3.8) is 0 Å². The van der Waals surface area contributed by atoms with Gasteiger partial charge in [0.15, 0.2) is 0 Å². The number of carbonyl (C=O) groups excluding carboxylic acids is 2. The lowest BCUT2D eigenvalue weighted by Crippen LogP contribution is -2.39. The first kappa shape index (κ1) is 20.3. The average molecular weight is 340 g/mol. The number of alkyl carbamates (subject to hydrolysis) is 1. The van der Waals surface area contributed by atoms with Crippen molar-refractivity contribution in [1.29, 1.82) is 0 Å². The maximum atomic E-state index is 12.1. The van der Waals surface area contributed by atoms with Crippen LogP contribution in [-0.2, 0) is 9.53 Å². The summed E-state index contributed by atoms with van der Waals surface area (Å²) in [5, 5.41) is 5.47. The Labute approximate surface area is 145 Å². The lowest BCUT2D eigenvalue weighted by molar-refractivity contribution is -0.127. The van der Waals surface area contributed by atoms with Crippen molar-refractivity contribution >= 4 is 12.0 Å². The van der Waals surface area contributed by atoms with Gasteiger partial charge < -0.3 is 25.2 Å². The highest BCUT2D eigenvalue weighted by Crippen LogP contribution is 2.31. The number of nitrogens with one attached hydrogen (secondary N) is 2. The molecule has 24 heavy (non-hydrogen) atoms. The Morgan fingerprint density at radius 2 is 2.00 bits per heavy atom. The molecule has 1 aliphatic carbocycles. The van der Waals surface area contributed by atoms with Crippen LogP contribution in [0.5, 0.6) is 0 Å². The molecule has 7 heteroatoms. The molecule has 1 aliphatic rings. The maximum Gasteiger partial charge on any atom is 0.407 e. The van der Waals surface area contributed by atoms with Crippen molar-refractivity contribution < 1.29 is 14.3 Å². The summed E-state index contributed by atoms with van der Waals surface area (Å²) in [5.74, 6) is -0.150. The number of rotatable bonds is 8. The molecule has 0 fully saturated rings. The fourth-order valence-electron chi connectivity index (χ4n) is 2.79. The van der Waals surface area contributed by atoms with Gasteiger partial charge >= 0.3 is 6.09 Å². The molecule has 2 atom stereocenters. The molecular formula is C17H32N4O3. The van der Waals surface area contributed by atoms with E-state index in [2.05, 4.69) is 21.6 Å². The third-order valence-corrected chi connectivity index (χ3v) is 4.29. The molecule has 2 unspecified atom stereocenters. The SMILES string of the molecule is CNC(=O)C1CC(N(C)C)=CCC1COC(=O)NCCCN(C)C. The Morgan fingerprint density at radius 3 is 2.58 bits per heavy atom. The van der Waals surface area contributed by atoms with Gasteiger partial charge in [0.2, 0.25) is 5.91 Å². The van der Waals surface area contributed by atoms with Crippen LogP contribution in [0.25, 0.3) is 0 Å². The molecule has 0 saturated carbocycles. The lowest BCUT2D eigenvalue weighted by atomic mass is 9.81. The number of carbonyl (C=O) groups is 2. The average Bonchev–Trinajstić information content (AvgIpc) is 2.55. The molecule has 0 radical (unpaired) electrons. The summed E-state index contributed by atoms with van der Waals surface area (Å²) in [6.07, 6.45) is 4.00. The zero-order valence-electron chi connectivity index (χ0n) is 15.6. The van der Waals surface area contributed by atoms with E-state index < -0.39 is 6.09 Å². The minimum Gasteiger partial charge on any atom is -0.449 e. The predicted molar refractivity (Wildman–Crippen MR) is 94.6 cm³/mol. The van der Waals surface area contributed by atoms with Gasteiger partial charge in [-0.15, -0.1) is 0 Å². The Morgan fingerprint density at radius 1 is 1.29 bits per heavy atom. The molecule has 0 aromatic carbocycles. The zero-order chi connectivity index (χ0) is 18.1. The Hall–Kier alpha value is -1.76. The zero-order valence-corrected chi connectivity index (χ0v) is 15.6. The lowest BCUT2D eigenvalue weighted by Gasteiger charge is -2.32. The van der Waals surface area contributed by atoms with Crippen LogP contribution in [0.3, 0.4) is 0 Å². The molecule has 0 bridgehead atoms. The van der Waals surface area contributed by atoms with Crippen LogP contribution in [0.15, 0.2) is 11.8 Å². The largest absolute Gasteiger partial charge is 0.449 e. The van der Waals surface area contributed by atoms with Crippen LogP contribution in [0.1, 0.15) is 19.3 Å². The second-order valence-corrected chi connectivity index (χ2v) is 6.69. The van der Waals surface area contributed by atoms with Crippen molar-refractivity contribution in [1.82, 2.24) is 20.4 Å². The minimum absolute atomic E-state index is 0.00226. The number of allylic oxidation sites excluding steroid dienone is 2. The number of hydrogen-bond donors (Lipinski definition) is 2. The van der Waals surface area contributed by atoms with E-state index in [9.17, 15) is 9.59 Å². The number of nitrogens with zero attached hydrogens (tertiary/aromatic N) is 2. The highest BCUT2D eigenvalue weighted by molar-refractivity contribution is 5.79. The Balaban J connectivity index is 2.46. The molecule has 2 amide bonds. The Kier molecular flexibility index (Phi) is 8.60. The molecule has 0 aromatic rings. The molecule has 138 valence electrons. The first-order valence-corrected chi connectivity index (χ1v) is 8.48. The minimum atomic E-state index is -0.410. The molecule has 0 spiro atoms. The van der Waals surface area contributed by atoms with Crippen LogP contribution < -0.4 is 10.6 Å². The summed E-state index contributed by atoms with van der Waals surface area (Å²) in [4.78, 5) is 28.0. The van der Waals surface area contributed by atoms with E-state index in [0.717, 1.165) is 25.1 Å². The van der Waals surface area contributed by atoms with E-state index in [4.69, 9.17) is 4.74 Å². The van der Waals surface area contributed by atoms with Gasteiger partial charge in [0, 0.05) is 45.2 Å². The van der Waals surface area contributed by atoms with Gasteiger partial charge in [0.1, 0.15) is 0 Å². The molecule has 0 aliphatic heterocycles. The second kappa shape index (κ2) is 10.2. The third kappa shape index (κ3) is 6.78. The smallest absolute Gasteiger partial charge is 0.407 e. The van der Waals surface area contributed by atoms with Crippen molar-refractivity contribution in [3.05, 3.63) is 11.8 Å². The number of amides is 2. The van der Waals surface area contributed by atoms with Gasteiger partial charge in [-0.1, -0.05) is 6.08 Å². The number of hydrogen-bond acceptors (Lipinski definition) is 5. The van der Waals surface area contributed by atoms with Crippen molar-refractivity contribution in [3.8, 4) is 0 Å². The fraction of sp³-hybridized carbons (Fsp3) is 0.765. The van der Waals surface area contributed by atoms with Crippen LogP contribution in [-0.4, -0.2) is 76.7 Å². The van der Waals surface area contributed by atoms with Crippen molar-refractivity contribution in [2.75, 3.05) is 54.9 Å². The molecule has 7 nitrogen and oxygen atoms in total. The molecule has 0 heterocycles. The van der Waals surface area contributed by atoms with Crippen molar-refractivity contribution in [2.24, 2.45) is 11.8 Å². The summed E-state index contributed by atoms with van der Waals surface area (Å²) in [7, 11) is 9.59. The molecule has 0 aromatic heterocycles. The van der Waals surface area contributed by atoms with E-state index in [1.807, 2.05) is 33.1 Å². The summed E-state index contributed by atoms with van der Waals surface area (Å²) in [6.45, 7) is 1.76. The van der Waals surface area contributed by atoms with Gasteiger partial charge in [-0.2, -0.15) is 0 Å². The van der Waals surface area contributed by atoms with Gasteiger partial charge in [0.25, 0.3) is 0 Å². The highest BCUT2D eigenvalue weighted by Gasteiger charge is 2.32. The quantitative estimate of drug-likeness (QED) is 0.642. The van der Waals surface area contributed by atoms with E-state index in [-0.39, 0.29) is 24.3 Å². The molecule has 0 saturated heterocycles. The summed E-state index contributed by atoms with van der Waals surface area (Å²) in [6, 6.07) is 0. The van der Waals surface area contributed by atoms with Crippen molar-refractivity contribution in [2.45, 2.75) is 19.3 Å². The van der Waals surface area contributed by atoms with Crippen LogP contribution in [0, 0.1) is 11.8 Å². The highest BCUT2D eigenvalue weighted by atomic mass is 16.5. The monoisotopic (exact) mass is 340 g/mol. The van der Waals surface area contributed by atoms with Gasteiger partial charge in [-0.3, -0.25) is 4.79 Å². The third-order valence-electron chi connectivity index (χ3n) is 4.29. The van der Waals surface area contributed by atoms with Gasteiger partial charge in [-0.05, 0) is 39.9 Å². The maximum absolute atomic E-state index is 12.1. The van der Waals surface area contributed by atoms with Crippen LogP contribution in [0.4, 0.5) is 4.79 Å². The standard InChI is InChI=1S/C17H32N4O3/c1-18-16(22)15-11-14(21(4)5)8-7-13(15)12-24-17(23)19-9-6-10-20(2)3/h8,13,15H,6-7,9-12H2,1-5H3,(H,18,22)(H,19,23). The Bertz CT molecular complexity index is 449. The molecule has 1 rings (SSSR count). The normalized spacial score (nSPS) is 20.3. The summed E-state index contributed by atoms with van der Waals surface area (Å²) >= 11 is 0. The predicted octanol–water partition coefficient (Wildman–Crippen LogP) is 0.882.